The molecule has 1 aromatic carbocycles. The van der Waals surface area contributed by atoms with Gasteiger partial charge in [-0.1, -0.05) is 10.4 Å². The fourth-order valence-corrected chi connectivity index (χ4v) is 3.56. The number of aryl methyl sites for hydroxylation is 1. The van der Waals surface area contributed by atoms with Gasteiger partial charge in [-0.25, -0.2) is 14.2 Å². The molecular formula is C21H19FN6O5S. The van der Waals surface area contributed by atoms with E-state index in [9.17, 15) is 14.0 Å². The van der Waals surface area contributed by atoms with Crippen LogP contribution in [0.1, 0.15) is 35.4 Å². The largest absolute Gasteiger partial charge is 0.486 e. The summed E-state index contributed by atoms with van der Waals surface area (Å²) >= 11 is 1.37. The molecule has 176 valence electrons. The molecule has 0 aliphatic carbocycles. The molecule has 0 aliphatic rings. The number of amides is 1. The van der Waals surface area contributed by atoms with E-state index in [2.05, 4.69) is 25.8 Å². The number of unbranched alkanes of at least 4 members (excludes halogenated alkanes) is 1. The predicted octanol–water partition coefficient (Wildman–Crippen LogP) is 3.61. The first-order chi connectivity index (χ1) is 16.5. The SMILES string of the molecule is O=C(CCCCn1cc(COc2ccc(F)cc2-c2cc(C(=O)O)no2)nn1)Nc1nccs1. The number of aromatic nitrogens is 5. The van der Waals surface area contributed by atoms with Gasteiger partial charge in [0, 0.05) is 30.6 Å². The first kappa shape index (κ1) is 23.0. The minimum Gasteiger partial charge on any atom is -0.486 e. The number of rotatable bonds is 11. The number of carboxylic acids is 1. The van der Waals surface area contributed by atoms with Gasteiger partial charge in [-0.2, -0.15) is 0 Å². The number of benzene rings is 1. The third kappa shape index (κ3) is 6.01. The summed E-state index contributed by atoms with van der Waals surface area (Å²) in [6.45, 7) is 0.629. The van der Waals surface area contributed by atoms with Gasteiger partial charge in [0.15, 0.2) is 16.6 Å². The van der Waals surface area contributed by atoms with E-state index in [0.717, 1.165) is 6.42 Å². The second-order valence-corrected chi connectivity index (χ2v) is 8.02. The van der Waals surface area contributed by atoms with Crippen molar-refractivity contribution in [3.05, 3.63) is 59.2 Å². The first-order valence-electron chi connectivity index (χ1n) is 10.2. The molecule has 0 fully saturated rings. The molecule has 13 heteroatoms. The molecule has 0 aliphatic heterocycles. The molecule has 0 unspecified atom stereocenters. The summed E-state index contributed by atoms with van der Waals surface area (Å²) in [5.41, 5.74) is 0.470. The van der Waals surface area contributed by atoms with Crippen molar-refractivity contribution >= 4 is 28.3 Å². The van der Waals surface area contributed by atoms with E-state index in [0.29, 0.717) is 30.2 Å². The van der Waals surface area contributed by atoms with Crippen LogP contribution in [0.5, 0.6) is 5.75 Å². The normalized spacial score (nSPS) is 10.9. The van der Waals surface area contributed by atoms with Crippen LogP contribution in [0.2, 0.25) is 0 Å². The Labute approximate surface area is 196 Å². The third-order valence-corrected chi connectivity index (χ3v) is 5.31. The number of ether oxygens (including phenoxy) is 1. The van der Waals surface area contributed by atoms with Crippen LogP contribution in [0.25, 0.3) is 11.3 Å². The van der Waals surface area contributed by atoms with Crippen molar-refractivity contribution < 1.29 is 28.3 Å². The molecule has 1 amide bonds. The van der Waals surface area contributed by atoms with Crippen molar-refractivity contribution in [2.45, 2.75) is 32.4 Å². The molecule has 4 aromatic rings. The van der Waals surface area contributed by atoms with E-state index in [1.165, 1.54) is 35.6 Å². The van der Waals surface area contributed by atoms with Crippen molar-refractivity contribution in [3.8, 4) is 17.1 Å². The van der Waals surface area contributed by atoms with Crippen LogP contribution in [0.4, 0.5) is 9.52 Å². The fourth-order valence-electron chi connectivity index (χ4n) is 3.02. The summed E-state index contributed by atoms with van der Waals surface area (Å²) in [5.74, 6) is -1.54. The zero-order valence-corrected chi connectivity index (χ0v) is 18.5. The number of hydrogen-bond donors (Lipinski definition) is 2. The van der Waals surface area contributed by atoms with Crippen molar-refractivity contribution in [3.63, 3.8) is 0 Å². The average molecular weight is 486 g/mol. The van der Waals surface area contributed by atoms with Crippen LogP contribution < -0.4 is 10.1 Å². The van der Waals surface area contributed by atoms with Gasteiger partial charge < -0.3 is 19.7 Å². The smallest absolute Gasteiger partial charge is 0.358 e. The maximum atomic E-state index is 13.8. The Kier molecular flexibility index (Phi) is 7.22. The number of aromatic carboxylic acids is 1. The lowest BCUT2D eigenvalue weighted by atomic mass is 10.1. The molecule has 4 rings (SSSR count). The van der Waals surface area contributed by atoms with Gasteiger partial charge >= 0.3 is 5.97 Å². The van der Waals surface area contributed by atoms with Gasteiger partial charge in [0.25, 0.3) is 0 Å². The maximum Gasteiger partial charge on any atom is 0.358 e. The topological polar surface area (TPSA) is 145 Å². The molecular weight excluding hydrogens is 467 g/mol. The van der Waals surface area contributed by atoms with Crippen LogP contribution >= 0.6 is 11.3 Å². The van der Waals surface area contributed by atoms with E-state index in [4.69, 9.17) is 14.4 Å². The number of halogens is 1. The highest BCUT2D eigenvalue weighted by molar-refractivity contribution is 7.13. The minimum absolute atomic E-state index is 0.0504. The maximum absolute atomic E-state index is 13.8. The van der Waals surface area contributed by atoms with E-state index in [1.54, 1.807) is 22.5 Å². The Hall–Kier alpha value is -4.13. The Morgan fingerprint density at radius 1 is 1.26 bits per heavy atom. The fraction of sp³-hybridized carbons (Fsp3) is 0.238. The van der Waals surface area contributed by atoms with Crippen LogP contribution in [0.3, 0.4) is 0 Å². The minimum atomic E-state index is -1.26. The summed E-state index contributed by atoms with van der Waals surface area (Å²) in [7, 11) is 0. The number of carbonyl (C=O) groups is 2. The molecule has 0 radical (unpaired) electrons. The zero-order valence-electron chi connectivity index (χ0n) is 17.7. The molecule has 2 N–H and O–H groups in total. The number of carbonyl (C=O) groups excluding carboxylic acids is 1. The van der Waals surface area contributed by atoms with Gasteiger partial charge in [0.2, 0.25) is 5.91 Å². The highest BCUT2D eigenvalue weighted by Crippen LogP contribution is 2.32. The van der Waals surface area contributed by atoms with Crippen LogP contribution in [0.15, 0.2) is 46.6 Å². The Bertz CT molecular complexity index is 1270. The van der Waals surface area contributed by atoms with Crippen molar-refractivity contribution in [1.29, 1.82) is 0 Å². The van der Waals surface area contributed by atoms with E-state index >= 15 is 0 Å². The molecule has 11 nitrogen and oxygen atoms in total. The monoisotopic (exact) mass is 486 g/mol. The molecule has 0 spiro atoms. The summed E-state index contributed by atoms with van der Waals surface area (Å²) in [4.78, 5) is 26.9. The molecule has 34 heavy (non-hydrogen) atoms. The quantitative estimate of drug-likeness (QED) is 0.304. The summed E-state index contributed by atoms with van der Waals surface area (Å²) in [6.07, 6.45) is 5.14. The summed E-state index contributed by atoms with van der Waals surface area (Å²) in [5, 5.41) is 25.7. The molecule has 0 saturated carbocycles. The zero-order chi connectivity index (χ0) is 23.9. The van der Waals surface area contributed by atoms with Crippen LogP contribution in [-0.2, 0) is 17.9 Å². The lowest BCUT2D eigenvalue weighted by molar-refractivity contribution is -0.116. The van der Waals surface area contributed by atoms with E-state index in [1.807, 2.05) is 0 Å². The number of hydrogen-bond acceptors (Lipinski definition) is 9. The van der Waals surface area contributed by atoms with Crippen LogP contribution in [-0.4, -0.2) is 42.1 Å². The Morgan fingerprint density at radius 3 is 2.91 bits per heavy atom. The molecule has 0 atom stereocenters. The number of carboxylic acid groups (broad SMARTS) is 1. The summed E-state index contributed by atoms with van der Waals surface area (Å²) in [6, 6.07) is 4.99. The highest BCUT2D eigenvalue weighted by atomic mass is 32.1. The van der Waals surface area contributed by atoms with Crippen LogP contribution in [0, 0.1) is 5.82 Å². The molecule has 0 bridgehead atoms. The lowest BCUT2D eigenvalue weighted by Gasteiger charge is -2.08. The van der Waals surface area contributed by atoms with Gasteiger partial charge in [0.1, 0.15) is 23.9 Å². The van der Waals surface area contributed by atoms with Gasteiger partial charge in [-0.15, -0.1) is 16.4 Å². The van der Waals surface area contributed by atoms with E-state index < -0.39 is 11.8 Å². The van der Waals surface area contributed by atoms with Gasteiger partial charge in [-0.05, 0) is 31.0 Å². The standard InChI is InChI=1S/C21H19FN6O5S/c22-13-4-5-17(15(9-13)18-10-16(20(30)31)26-33-18)32-12-14-11-28(27-25-14)7-2-1-3-19(29)24-21-23-6-8-34-21/h4-6,8-11H,1-3,7,12H2,(H,30,31)(H,23,24,29). The Balaban J connectivity index is 1.28. The van der Waals surface area contributed by atoms with Crippen molar-refractivity contribution in [2.75, 3.05) is 5.32 Å². The average Bonchev–Trinajstić information content (AvgIpc) is 3.58. The van der Waals surface area contributed by atoms with E-state index in [-0.39, 0.29) is 35.3 Å². The lowest BCUT2D eigenvalue weighted by Crippen LogP contribution is -2.11. The Morgan fingerprint density at radius 2 is 2.15 bits per heavy atom. The van der Waals surface area contributed by atoms with Gasteiger partial charge in [0.05, 0.1) is 11.8 Å². The molecule has 0 saturated heterocycles. The van der Waals surface area contributed by atoms with Gasteiger partial charge in [-0.3, -0.25) is 9.48 Å². The molecule has 3 heterocycles. The predicted molar refractivity (Wildman–Crippen MR) is 118 cm³/mol. The highest BCUT2D eigenvalue weighted by Gasteiger charge is 2.17. The van der Waals surface area contributed by atoms with Crippen molar-refractivity contribution in [2.24, 2.45) is 0 Å². The third-order valence-electron chi connectivity index (χ3n) is 4.62. The number of nitrogens with zero attached hydrogens (tertiary/aromatic N) is 5. The molecule has 3 aromatic heterocycles. The first-order valence-corrected chi connectivity index (χ1v) is 11.1. The second-order valence-electron chi connectivity index (χ2n) is 7.13. The number of nitrogens with one attached hydrogen (secondary N) is 1. The number of anilines is 1. The number of thiazole rings is 1. The second kappa shape index (κ2) is 10.7. The van der Waals surface area contributed by atoms with Crippen molar-refractivity contribution in [1.82, 2.24) is 25.1 Å². The summed E-state index contributed by atoms with van der Waals surface area (Å²) < 4.78 is 26.2.